The Kier molecular flexibility index (Phi) is 10.8. The molecule has 2 saturated heterocycles. The summed E-state index contributed by atoms with van der Waals surface area (Å²) in [7, 11) is 0. The molecule has 7 rings (SSSR count). The first-order valence-corrected chi connectivity index (χ1v) is 20.8. The molecule has 15 heteroatoms. The largest absolute Gasteiger partial charge is 0.481 e. The van der Waals surface area contributed by atoms with Crippen LogP contribution in [0.25, 0.3) is 0 Å². The van der Waals surface area contributed by atoms with Crippen LogP contribution in [0.15, 0.2) is 11.6 Å². The smallest absolute Gasteiger partial charge is 0.335 e. The summed E-state index contributed by atoms with van der Waals surface area (Å²) in [4.78, 5) is 39.1. The van der Waals surface area contributed by atoms with Crippen molar-refractivity contribution in [3.8, 4) is 0 Å². The van der Waals surface area contributed by atoms with Gasteiger partial charge in [-0.2, -0.15) is 0 Å². The molecule has 0 spiro atoms. The van der Waals surface area contributed by atoms with Crippen molar-refractivity contribution < 1.29 is 74.2 Å². The number of carbonyl (C=O) groups excluding carboxylic acids is 1. The van der Waals surface area contributed by atoms with Gasteiger partial charge in [-0.05, 0) is 110 Å². The highest BCUT2D eigenvalue weighted by Crippen LogP contribution is 2.75. The van der Waals surface area contributed by atoms with E-state index in [9.17, 15) is 55.2 Å². The first-order valence-electron chi connectivity index (χ1n) is 20.8. The minimum atomic E-state index is -1.98. The van der Waals surface area contributed by atoms with E-state index in [0.717, 1.165) is 37.7 Å². The zero-order chi connectivity index (χ0) is 42.0. The summed E-state index contributed by atoms with van der Waals surface area (Å²) >= 11 is 0. The molecule has 4 saturated carbocycles. The third kappa shape index (κ3) is 6.31. The fourth-order valence-electron chi connectivity index (χ4n) is 13.4. The lowest BCUT2D eigenvalue weighted by Gasteiger charge is -2.70. The highest BCUT2D eigenvalue weighted by molar-refractivity contribution is 5.95. The Balaban J connectivity index is 1.16. The molecular formula is C42H64O15. The van der Waals surface area contributed by atoms with Crippen LogP contribution in [0, 0.1) is 50.2 Å². The lowest BCUT2D eigenvalue weighted by molar-refractivity contribution is -0.375. The van der Waals surface area contributed by atoms with Crippen molar-refractivity contribution in [2.75, 3.05) is 6.61 Å². The number of ketones is 1. The zero-order valence-electron chi connectivity index (χ0n) is 34.2. The van der Waals surface area contributed by atoms with E-state index in [4.69, 9.17) is 18.9 Å². The number of fused-ring (bicyclic) bond motifs is 7. The van der Waals surface area contributed by atoms with Crippen LogP contribution in [0.2, 0.25) is 0 Å². The summed E-state index contributed by atoms with van der Waals surface area (Å²) in [6, 6.07) is 0. The van der Waals surface area contributed by atoms with E-state index in [1.54, 1.807) is 0 Å². The highest BCUT2D eigenvalue weighted by Gasteiger charge is 2.71. The number of ether oxygens (including phenoxy) is 4. The molecule has 0 bridgehead atoms. The van der Waals surface area contributed by atoms with Crippen molar-refractivity contribution in [3.05, 3.63) is 11.6 Å². The minimum absolute atomic E-state index is 0.00433. The van der Waals surface area contributed by atoms with Crippen LogP contribution in [0.1, 0.15) is 106 Å². The number of carboxylic acid groups (broad SMARTS) is 2. The molecule has 0 aromatic rings. The van der Waals surface area contributed by atoms with Gasteiger partial charge in [0.1, 0.15) is 42.7 Å². The molecule has 2 aliphatic heterocycles. The number of carboxylic acids is 2. The van der Waals surface area contributed by atoms with Crippen LogP contribution in [0.4, 0.5) is 0 Å². The molecule has 0 radical (unpaired) electrons. The fraction of sp³-hybridized carbons (Fsp3) is 0.881. The lowest BCUT2D eigenvalue weighted by Crippen LogP contribution is -2.68. The monoisotopic (exact) mass is 808 g/mol. The van der Waals surface area contributed by atoms with Gasteiger partial charge in [-0.3, -0.25) is 9.59 Å². The van der Waals surface area contributed by atoms with Crippen molar-refractivity contribution in [1.82, 2.24) is 0 Å². The maximum atomic E-state index is 14.8. The average Bonchev–Trinajstić information content (AvgIpc) is 3.13. The molecule has 57 heavy (non-hydrogen) atoms. The van der Waals surface area contributed by atoms with Gasteiger partial charge in [-0.1, -0.05) is 47.1 Å². The van der Waals surface area contributed by atoms with Crippen molar-refractivity contribution in [2.24, 2.45) is 50.2 Å². The maximum Gasteiger partial charge on any atom is 0.335 e. The van der Waals surface area contributed by atoms with Gasteiger partial charge in [0.25, 0.3) is 0 Å². The van der Waals surface area contributed by atoms with Crippen molar-refractivity contribution in [3.63, 3.8) is 0 Å². The summed E-state index contributed by atoms with van der Waals surface area (Å²) in [6.07, 6.45) is -9.70. The van der Waals surface area contributed by atoms with Gasteiger partial charge in [-0.15, -0.1) is 0 Å². The predicted molar refractivity (Wildman–Crippen MR) is 199 cm³/mol. The zero-order valence-corrected chi connectivity index (χ0v) is 34.2. The Morgan fingerprint density at radius 2 is 1.44 bits per heavy atom. The number of aliphatic hydroxyl groups excluding tert-OH is 6. The van der Waals surface area contributed by atoms with E-state index in [1.165, 1.54) is 0 Å². The maximum absolute atomic E-state index is 14.8. The van der Waals surface area contributed by atoms with Gasteiger partial charge in [0.05, 0.1) is 18.1 Å². The van der Waals surface area contributed by atoms with Gasteiger partial charge in [0, 0.05) is 5.92 Å². The third-order valence-corrected chi connectivity index (χ3v) is 17.3. The van der Waals surface area contributed by atoms with Crippen molar-refractivity contribution >= 4 is 17.7 Å². The normalized spacial score (nSPS) is 53.4. The molecule has 322 valence electrons. The summed E-state index contributed by atoms with van der Waals surface area (Å²) in [5.74, 6) is -2.62. The summed E-state index contributed by atoms with van der Waals surface area (Å²) in [5.41, 5.74) is -1.51. The lowest BCUT2D eigenvalue weighted by atomic mass is 9.33. The molecule has 6 fully saturated rings. The molecule has 0 aromatic carbocycles. The summed E-state index contributed by atoms with van der Waals surface area (Å²) in [6.45, 7) is 14.4. The van der Waals surface area contributed by atoms with Crippen LogP contribution in [0.3, 0.4) is 0 Å². The number of carbonyl (C=O) groups is 3. The van der Waals surface area contributed by atoms with Crippen molar-refractivity contribution in [2.45, 2.75) is 174 Å². The van der Waals surface area contributed by atoms with Crippen LogP contribution >= 0.6 is 0 Å². The number of rotatable bonds is 7. The summed E-state index contributed by atoms with van der Waals surface area (Å²) in [5, 5.41) is 83.3. The van der Waals surface area contributed by atoms with Crippen LogP contribution in [-0.2, 0) is 33.3 Å². The van der Waals surface area contributed by atoms with E-state index in [-0.39, 0.29) is 39.8 Å². The number of hydrogen-bond acceptors (Lipinski definition) is 13. The molecule has 0 aromatic heterocycles. The number of aliphatic hydroxyl groups is 6. The van der Waals surface area contributed by atoms with Crippen LogP contribution in [0.5, 0.6) is 0 Å². The SMILES string of the molecule is CC1(C)[C@@H](O[C@H]2O[C@H](CO)[C@@H](O)[C@H](O)[C@H]2O[C@@H]2O[C@H](C(=O)O)[C@@H](O)[C@H](O)[C@H]2O)CC[C@]2(C)[C@H]3C(=O)C=C4[C@@H]5C[C@@](C)(C(=O)O)CC[C@]5(C)CC[C@@]4(C)[C@]3(C)CC[C@@H]12. The first-order chi connectivity index (χ1) is 26.4. The Morgan fingerprint density at radius 3 is 2.07 bits per heavy atom. The molecule has 0 amide bonds. The van der Waals surface area contributed by atoms with Crippen LogP contribution < -0.4 is 0 Å². The fourth-order valence-corrected chi connectivity index (χ4v) is 13.4. The molecule has 19 atom stereocenters. The molecule has 15 nitrogen and oxygen atoms in total. The van der Waals surface area contributed by atoms with Crippen LogP contribution in [-0.4, -0.2) is 133 Å². The van der Waals surface area contributed by atoms with E-state index < -0.39 is 102 Å². The Labute approximate surface area is 333 Å². The Bertz CT molecular complexity index is 1650. The van der Waals surface area contributed by atoms with Gasteiger partial charge in [-0.25, -0.2) is 4.79 Å². The van der Waals surface area contributed by atoms with Gasteiger partial charge >= 0.3 is 11.9 Å². The molecule has 7 aliphatic rings. The predicted octanol–water partition coefficient (Wildman–Crippen LogP) is 2.15. The van der Waals surface area contributed by atoms with E-state index in [2.05, 4.69) is 41.5 Å². The average molecular weight is 809 g/mol. The van der Waals surface area contributed by atoms with Crippen molar-refractivity contribution in [1.29, 1.82) is 0 Å². The second-order valence-corrected chi connectivity index (χ2v) is 20.6. The van der Waals surface area contributed by atoms with Gasteiger partial charge in [0.15, 0.2) is 24.5 Å². The molecule has 0 unspecified atom stereocenters. The van der Waals surface area contributed by atoms with Gasteiger partial charge < -0.3 is 59.8 Å². The molecule has 5 aliphatic carbocycles. The second-order valence-electron chi connectivity index (χ2n) is 20.6. The van der Waals surface area contributed by atoms with E-state index in [1.807, 2.05) is 13.0 Å². The number of hydrogen-bond donors (Lipinski definition) is 8. The first kappa shape index (κ1) is 43.1. The second kappa shape index (κ2) is 14.3. The van der Waals surface area contributed by atoms with E-state index >= 15 is 0 Å². The Morgan fingerprint density at radius 1 is 0.772 bits per heavy atom. The van der Waals surface area contributed by atoms with E-state index in [0.29, 0.717) is 25.7 Å². The minimum Gasteiger partial charge on any atom is -0.481 e. The third-order valence-electron chi connectivity index (χ3n) is 17.3. The highest BCUT2D eigenvalue weighted by atomic mass is 16.8. The molecular weight excluding hydrogens is 744 g/mol. The molecule has 2 heterocycles. The van der Waals surface area contributed by atoms with Gasteiger partial charge in [0.2, 0.25) is 0 Å². The summed E-state index contributed by atoms with van der Waals surface area (Å²) < 4.78 is 23.8. The Hall–Kier alpha value is -2.05. The number of aliphatic carboxylic acids is 2. The number of allylic oxidation sites excluding steroid dienone is 2. The quantitative estimate of drug-likeness (QED) is 0.172. The standard InChI is InChI=1S/C42H64O15/c1-37(2)23-8-11-42(7)32(21(44)16-19-20-17-39(4,36(52)53)13-12-38(20,3)14-15-41(19,42)6)40(23,5)10-9-24(37)55-35-31(27(47)25(45)22(18-43)54-35)57-34-29(49)26(46)28(48)30(56-34)33(50)51/h16,20,22-32,34-35,43,45-49H,8-15,17-18H2,1-7H3,(H,50,51)(H,52,53)/t20-,22+,23-,24-,25+,26-,27-,28-,29+,30-,31+,32+,34-,35+,38+,39-,40-,41+,42+/m0/s1. The molecule has 8 N–H and O–H groups in total. The topological polar surface area (TPSA) is 250 Å².